The van der Waals surface area contributed by atoms with Gasteiger partial charge in [-0.05, 0) is 24.3 Å². The van der Waals surface area contributed by atoms with E-state index in [-0.39, 0.29) is 0 Å². The topological polar surface area (TPSA) is 33.0 Å². The van der Waals surface area contributed by atoms with E-state index in [1.54, 1.807) is 24.3 Å². The Morgan fingerprint density at radius 2 is 1.89 bits per heavy atom. The van der Waals surface area contributed by atoms with Crippen molar-refractivity contribution in [1.29, 1.82) is 5.26 Å². The molecule has 0 saturated carbocycles. The standard InChI is InChI=1S/C15H11Cl2NO/c16-8-13-7-14(17)5-6-15(13)19-10-12-4-2-1-3-11(12)9-18/h1-7H,8,10H2. The molecule has 4 heteroatoms. The van der Waals surface area contributed by atoms with Crippen LogP contribution in [0.25, 0.3) is 0 Å². The smallest absolute Gasteiger partial charge is 0.124 e. The number of hydrogen-bond acceptors (Lipinski definition) is 2. The molecule has 0 saturated heterocycles. The van der Waals surface area contributed by atoms with Crippen LogP contribution in [-0.2, 0) is 12.5 Å². The van der Waals surface area contributed by atoms with Gasteiger partial charge in [-0.3, -0.25) is 0 Å². The van der Waals surface area contributed by atoms with Gasteiger partial charge in [0.25, 0.3) is 0 Å². The van der Waals surface area contributed by atoms with Crippen molar-refractivity contribution in [3.63, 3.8) is 0 Å². The Kier molecular flexibility index (Phi) is 4.68. The van der Waals surface area contributed by atoms with Crippen LogP contribution in [0, 0.1) is 11.3 Å². The first-order chi connectivity index (χ1) is 9.24. The first kappa shape index (κ1) is 13.7. The summed E-state index contributed by atoms with van der Waals surface area (Å²) in [4.78, 5) is 0. The minimum Gasteiger partial charge on any atom is -0.489 e. The maximum Gasteiger partial charge on any atom is 0.124 e. The van der Waals surface area contributed by atoms with Gasteiger partial charge < -0.3 is 4.74 Å². The highest BCUT2D eigenvalue weighted by Gasteiger charge is 2.06. The number of hydrogen-bond donors (Lipinski definition) is 0. The number of nitriles is 1. The van der Waals surface area contributed by atoms with Crippen LogP contribution in [0.1, 0.15) is 16.7 Å². The van der Waals surface area contributed by atoms with E-state index < -0.39 is 0 Å². The third kappa shape index (κ3) is 3.41. The normalized spacial score (nSPS) is 9.95. The van der Waals surface area contributed by atoms with Crippen molar-refractivity contribution in [3.8, 4) is 11.8 Å². The monoisotopic (exact) mass is 291 g/mol. The highest BCUT2D eigenvalue weighted by molar-refractivity contribution is 6.30. The van der Waals surface area contributed by atoms with Crippen molar-refractivity contribution in [3.05, 3.63) is 64.2 Å². The summed E-state index contributed by atoms with van der Waals surface area (Å²) >= 11 is 11.8. The fourth-order valence-corrected chi connectivity index (χ4v) is 2.11. The quantitative estimate of drug-likeness (QED) is 0.776. The van der Waals surface area contributed by atoms with Crippen LogP contribution in [0.3, 0.4) is 0 Å². The number of halogens is 2. The molecular formula is C15H11Cl2NO. The van der Waals surface area contributed by atoms with Gasteiger partial charge >= 0.3 is 0 Å². The van der Waals surface area contributed by atoms with Crippen LogP contribution in [0.5, 0.6) is 5.75 Å². The Labute approximate surface area is 122 Å². The molecule has 0 fully saturated rings. The summed E-state index contributed by atoms with van der Waals surface area (Å²) in [7, 11) is 0. The number of benzene rings is 2. The fourth-order valence-electron chi connectivity index (χ4n) is 1.70. The van der Waals surface area contributed by atoms with Gasteiger partial charge in [0, 0.05) is 16.1 Å². The molecule has 0 radical (unpaired) electrons. The number of rotatable bonds is 4. The molecule has 0 amide bonds. The maximum absolute atomic E-state index is 9.01. The van der Waals surface area contributed by atoms with Crippen LogP contribution in [0.2, 0.25) is 5.02 Å². The van der Waals surface area contributed by atoms with Gasteiger partial charge in [0.05, 0.1) is 17.5 Å². The molecule has 0 heterocycles. The Bertz CT molecular complexity index is 620. The molecule has 0 atom stereocenters. The van der Waals surface area contributed by atoms with Crippen molar-refractivity contribution in [1.82, 2.24) is 0 Å². The van der Waals surface area contributed by atoms with Gasteiger partial charge in [-0.1, -0.05) is 29.8 Å². The zero-order valence-corrected chi connectivity index (χ0v) is 11.6. The summed E-state index contributed by atoms with van der Waals surface area (Å²) in [5, 5.41) is 9.63. The predicted molar refractivity (Wildman–Crippen MR) is 76.5 cm³/mol. The van der Waals surface area contributed by atoms with E-state index in [9.17, 15) is 0 Å². The van der Waals surface area contributed by atoms with Crippen LogP contribution in [0.15, 0.2) is 42.5 Å². The van der Waals surface area contributed by atoms with Crippen LogP contribution >= 0.6 is 23.2 Å². The Morgan fingerprint density at radius 1 is 1.11 bits per heavy atom. The van der Waals surface area contributed by atoms with Gasteiger partial charge in [0.1, 0.15) is 12.4 Å². The van der Waals surface area contributed by atoms with Crippen LogP contribution in [-0.4, -0.2) is 0 Å². The zero-order chi connectivity index (χ0) is 13.7. The van der Waals surface area contributed by atoms with E-state index in [1.165, 1.54) is 0 Å². The third-order valence-electron chi connectivity index (χ3n) is 2.69. The molecule has 2 nitrogen and oxygen atoms in total. The Hall–Kier alpha value is -1.69. The molecule has 0 aromatic heterocycles. The van der Waals surface area contributed by atoms with Gasteiger partial charge in [-0.25, -0.2) is 0 Å². The molecule has 0 N–H and O–H groups in total. The summed E-state index contributed by atoms with van der Waals surface area (Å²) in [5.74, 6) is 1.02. The van der Waals surface area contributed by atoms with E-state index in [0.717, 1.165) is 11.1 Å². The Balaban J connectivity index is 2.17. The molecule has 2 rings (SSSR count). The number of alkyl halides is 1. The van der Waals surface area contributed by atoms with Gasteiger partial charge in [0.2, 0.25) is 0 Å². The lowest BCUT2D eigenvalue weighted by molar-refractivity contribution is 0.303. The number of ether oxygens (including phenoxy) is 1. The molecule has 2 aromatic carbocycles. The molecule has 0 aliphatic rings. The number of nitrogens with zero attached hydrogens (tertiary/aromatic N) is 1. The van der Waals surface area contributed by atoms with Gasteiger partial charge in [-0.2, -0.15) is 5.26 Å². The molecule has 96 valence electrons. The molecule has 0 aliphatic heterocycles. The first-order valence-electron chi connectivity index (χ1n) is 5.70. The van der Waals surface area contributed by atoms with E-state index in [4.69, 9.17) is 33.2 Å². The largest absolute Gasteiger partial charge is 0.489 e. The highest BCUT2D eigenvalue weighted by Crippen LogP contribution is 2.25. The summed E-state index contributed by atoms with van der Waals surface area (Å²) in [6.45, 7) is 0.329. The molecule has 0 unspecified atom stereocenters. The van der Waals surface area contributed by atoms with E-state index in [1.807, 2.05) is 18.2 Å². The lowest BCUT2D eigenvalue weighted by atomic mass is 10.1. The molecular weight excluding hydrogens is 281 g/mol. The molecule has 0 spiro atoms. The van der Waals surface area contributed by atoms with Crippen LogP contribution < -0.4 is 4.74 Å². The maximum atomic E-state index is 9.01. The second kappa shape index (κ2) is 6.47. The second-order valence-electron chi connectivity index (χ2n) is 3.94. The van der Waals surface area contributed by atoms with E-state index in [0.29, 0.717) is 28.8 Å². The first-order valence-corrected chi connectivity index (χ1v) is 6.61. The summed E-state index contributed by atoms with van der Waals surface area (Å²) in [5.41, 5.74) is 2.30. The fraction of sp³-hybridized carbons (Fsp3) is 0.133. The lowest BCUT2D eigenvalue weighted by Gasteiger charge is -2.11. The van der Waals surface area contributed by atoms with Crippen molar-refractivity contribution >= 4 is 23.2 Å². The molecule has 0 bridgehead atoms. The average Bonchev–Trinajstić information content (AvgIpc) is 2.46. The lowest BCUT2D eigenvalue weighted by Crippen LogP contribution is -2.00. The highest BCUT2D eigenvalue weighted by atomic mass is 35.5. The van der Waals surface area contributed by atoms with Crippen molar-refractivity contribution in [2.24, 2.45) is 0 Å². The van der Waals surface area contributed by atoms with E-state index in [2.05, 4.69) is 6.07 Å². The minimum atomic E-state index is 0.329. The van der Waals surface area contributed by atoms with Gasteiger partial charge in [0.15, 0.2) is 0 Å². The van der Waals surface area contributed by atoms with Crippen molar-refractivity contribution in [2.45, 2.75) is 12.5 Å². The summed E-state index contributed by atoms with van der Waals surface area (Å²) < 4.78 is 5.72. The average molecular weight is 292 g/mol. The predicted octanol–water partition coefficient (Wildman–Crippen LogP) is 4.53. The zero-order valence-electron chi connectivity index (χ0n) is 10.1. The summed E-state index contributed by atoms with van der Waals surface area (Å²) in [6, 6.07) is 14.8. The molecule has 2 aromatic rings. The summed E-state index contributed by atoms with van der Waals surface area (Å²) in [6.07, 6.45) is 0. The molecule has 19 heavy (non-hydrogen) atoms. The third-order valence-corrected chi connectivity index (χ3v) is 3.21. The minimum absolute atomic E-state index is 0.329. The molecule has 0 aliphatic carbocycles. The van der Waals surface area contributed by atoms with Crippen LogP contribution in [0.4, 0.5) is 0 Å². The van der Waals surface area contributed by atoms with Crippen molar-refractivity contribution in [2.75, 3.05) is 0 Å². The van der Waals surface area contributed by atoms with Gasteiger partial charge in [-0.15, -0.1) is 11.6 Å². The SMILES string of the molecule is N#Cc1ccccc1COc1ccc(Cl)cc1CCl. The van der Waals surface area contributed by atoms with Crippen molar-refractivity contribution < 1.29 is 4.74 Å². The second-order valence-corrected chi connectivity index (χ2v) is 4.65. The van der Waals surface area contributed by atoms with E-state index >= 15 is 0 Å². The Morgan fingerprint density at radius 3 is 2.63 bits per heavy atom.